The predicted octanol–water partition coefficient (Wildman–Crippen LogP) is 0.504. The van der Waals surface area contributed by atoms with Crippen LogP contribution in [0.2, 0.25) is 0 Å². The molecule has 0 spiro atoms. The number of guanidine groups is 1. The maximum absolute atomic E-state index is 11.5. The number of hydrogen-bond donors (Lipinski definition) is 2. The number of likely N-dealkylation sites (N-methyl/N-ethyl adjacent to an activating group) is 1. The zero-order valence-electron chi connectivity index (χ0n) is 14.3. The molecule has 0 bridgehead atoms. The van der Waals surface area contributed by atoms with Crippen LogP contribution in [-0.2, 0) is 4.79 Å². The van der Waals surface area contributed by atoms with Gasteiger partial charge in [-0.3, -0.25) is 9.79 Å². The minimum absolute atomic E-state index is 0.158. The van der Waals surface area contributed by atoms with Gasteiger partial charge in [-0.2, -0.15) is 0 Å². The Balaban J connectivity index is 1.75. The van der Waals surface area contributed by atoms with Gasteiger partial charge in [-0.25, -0.2) is 0 Å². The molecule has 0 radical (unpaired) electrons. The van der Waals surface area contributed by atoms with Gasteiger partial charge in [0.25, 0.3) is 0 Å². The molecule has 2 heterocycles. The van der Waals surface area contributed by atoms with Gasteiger partial charge in [0.05, 0.1) is 0 Å². The topological polar surface area (TPSA) is 60.0 Å². The zero-order chi connectivity index (χ0) is 15.9. The first-order valence-electron chi connectivity index (χ1n) is 8.50. The number of carbonyl (C=O) groups is 1. The summed E-state index contributed by atoms with van der Waals surface area (Å²) >= 11 is 0. The van der Waals surface area contributed by atoms with Crippen LogP contribution >= 0.6 is 0 Å². The number of aliphatic imine (C=N–C) groups is 1. The highest BCUT2D eigenvalue weighted by molar-refractivity contribution is 5.80. The summed E-state index contributed by atoms with van der Waals surface area (Å²) in [5.41, 5.74) is 0. The molecule has 126 valence electrons. The van der Waals surface area contributed by atoms with E-state index in [0.717, 1.165) is 38.4 Å². The Morgan fingerprint density at radius 3 is 2.50 bits per heavy atom. The lowest BCUT2D eigenvalue weighted by molar-refractivity contribution is -0.121. The van der Waals surface area contributed by atoms with Gasteiger partial charge in [0, 0.05) is 46.2 Å². The number of nitrogens with zero attached hydrogens (tertiary/aromatic N) is 3. The fourth-order valence-electron chi connectivity index (χ4n) is 3.49. The van der Waals surface area contributed by atoms with Gasteiger partial charge in [-0.1, -0.05) is 0 Å². The lowest BCUT2D eigenvalue weighted by atomic mass is 9.93. The second-order valence-electron chi connectivity index (χ2n) is 6.51. The highest BCUT2D eigenvalue weighted by Crippen LogP contribution is 2.20. The summed E-state index contributed by atoms with van der Waals surface area (Å²) in [7, 11) is 5.77. The third-order valence-electron chi connectivity index (χ3n) is 5.05. The van der Waals surface area contributed by atoms with E-state index in [4.69, 9.17) is 0 Å². The number of amides is 1. The summed E-state index contributed by atoms with van der Waals surface area (Å²) in [6.45, 7) is 4.15. The lowest BCUT2D eigenvalue weighted by Crippen LogP contribution is -2.49. The largest absolute Gasteiger partial charge is 0.359 e. The van der Waals surface area contributed by atoms with Gasteiger partial charge >= 0.3 is 0 Å². The van der Waals surface area contributed by atoms with Crippen molar-refractivity contribution in [2.45, 2.75) is 38.1 Å². The Morgan fingerprint density at radius 2 is 1.95 bits per heavy atom. The van der Waals surface area contributed by atoms with Crippen molar-refractivity contribution in [1.82, 2.24) is 20.4 Å². The van der Waals surface area contributed by atoms with E-state index in [0.29, 0.717) is 18.4 Å². The summed E-state index contributed by atoms with van der Waals surface area (Å²) in [5.74, 6) is 1.68. The molecule has 0 aromatic carbocycles. The van der Waals surface area contributed by atoms with E-state index in [9.17, 15) is 4.79 Å². The second kappa shape index (κ2) is 8.36. The highest BCUT2D eigenvalue weighted by Gasteiger charge is 2.25. The molecule has 0 saturated carbocycles. The number of nitrogens with one attached hydrogen (secondary N) is 2. The van der Waals surface area contributed by atoms with E-state index in [-0.39, 0.29) is 5.91 Å². The van der Waals surface area contributed by atoms with Crippen molar-refractivity contribution in [3.63, 3.8) is 0 Å². The Labute approximate surface area is 134 Å². The van der Waals surface area contributed by atoms with Gasteiger partial charge in [0.2, 0.25) is 5.91 Å². The van der Waals surface area contributed by atoms with Crippen LogP contribution in [-0.4, -0.2) is 75.0 Å². The quantitative estimate of drug-likeness (QED) is 0.587. The van der Waals surface area contributed by atoms with Crippen LogP contribution in [0.4, 0.5) is 0 Å². The fraction of sp³-hybridized carbons (Fsp3) is 0.875. The maximum atomic E-state index is 11.5. The summed E-state index contributed by atoms with van der Waals surface area (Å²) in [4.78, 5) is 20.7. The van der Waals surface area contributed by atoms with Gasteiger partial charge in [0.15, 0.2) is 5.96 Å². The molecule has 2 fully saturated rings. The van der Waals surface area contributed by atoms with Crippen molar-refractivity contribution in [3.8, 4) is 0 Å². The Hall–Kier alpha value is -1.30. The smallest absolute Gasteiger partial charge is 0.220 e. The SMILES string of the molecule is CN=C(NCC1CCCN1C)N1CCC(CC(=O)NC)CC1. The molecule has 2 rings (SSSR count). The summed E-state index contributed by atoms with van der Waals surface area (Å²) in [6, 6.07) is 0.627. The van der Waals surface area contributed by atoms with E-state index >= 15 is 0 Å². The molecule has 1 amide bonds. The summed E-state index contributed by atoms with van der Waals surface area (Å²) in [6.07, 6.45) is 5.36. The van der Waals surface area contributed by atoms with Crippen LogP contribution in [0.15, 0.2) is 4.99 Å². The van der Waals surface area contributed by atoms with Gasteiger partial charge in [-0.05, 0) is 45.2 Å². The molecule has 1 unspecified atom stereocenters. The average Bonchev–Trinajstić information content (AvgIpc) is 2.94. The number of likely N-dealkylation sites (tertiary alicyclic amines) is 2. The molecule has 0 aliphatic carbocycles. The minimum Gasteiger partial charge on any atom is -0.359 e. The molecular formula is C16H31N5O. The Kier molecular flexibility index (Phi) is 6.49. The second-order valence-corrected chi connectivity index (χ2v) is 6.51. The monoisotopic (exact) mass is 309 g/mol. The van der Waals surface area contributed by atoms with E-state index < -0.39 is 0 Å². The Morgan fingerprint density at radius 1 is 1.23 bits per heavy atom. The molecule has 0 aromatic rings. The van der Waals surface area contributed by atoms with Gasteiger partial charge < -0.3 is 20.4 Å². The number of carbonyl (C=O) groups excluding carboxylic acids is 1. The standard InChI is InChI=1S/C16H31N5O/c1-17-15(22)11-13-6-9-21(10-7-13)16(18-2)19-12-14-5-4-8-20(14)3/h13-14H,4-12H2,1-3H3,(H,17,22)(H,18,19). The minimum atomic E-state index is 0.158. The number of hydrogen-bond acceptors (Lipinski definition) is 3. The van der Waals surface area contributed by atoms with Gasteiger partial charge in [0.1, 0.15) is 0 Å². The van der Waals surface area contributed by atoms with Crippen LogP contribution in [0.25, 0.3) is 0 Å². The molecule has 6 nitrogen and oxygen atoms in total. The van der Waals surface area contributed by atoms with E-state index in [1.807, 2.05) is 7.05 Å². The van der Waals surface area contributed by atoms with Crippen molar-refractivity contribution < 1.29 is 4.79 Å². The van der Waals surface area contributed by atoms with Crippen LogP contribution in [0.3, 0.4) is 0 Å². The summed E-state index contributed by atoms with van der Waals surface area (Å²) < 4.78 is 0. The average molecular weight is 309 g/mol. The van der Waals surface area contributed by atoms with Crippen LogP contribution in [0, 0.1) is 5.92 Å². The molecule has 2 aliphatic rings. The Bertz CT molecular complexity index is 390. The van der Waals surface area contributed by atoms with Crippen LogP contribution in [0.1, 0.15) is 32.1 Å². The fourth-order valence-corrected chi connectivity index (χ4v) is 3.49. The molecule has 0 aromatic heterocycles. The maximum Gasteiger partial charge on any atom is 0.220 e. The predicted molar refractivity (Wildman–Crippen MR) is 90.0 cm³/mol. The molecule has 2 N–H and O–H groups in total. The van der Waals surface area contributed by atoms with E-state index in [1.54, 1.807) is 7.05 Å². The number of piperidine rings is 1. The third kappa shape index (κ3) is 4.60. The summed E-state index contributed by atoms with van der Waals surface area (Å²) in [5, 5.41) is 6.25. The third-order valence-corrected chi connectivity index (χ3v) is 5.05. The van der Waals surface area contributed by atoms with E-state index in [1.165, 1.54) is 19.4 Å². The number of rotatable bonds is 4. The first-order chi connectivity index (χ1) is 10.6. The molecule has 2 saturated heterocycles. The molecule has 2 aliphatic heterocycles. The highest BCUT2D eigenvalue weighted by atomic mass is 16.1. The molecular weight excluding hydrogens is 278 g/mol. The van der Waals surface area contributed by atoms with Crippen molar-refractivity contribution in [3.05, 3.63) is 0 Å². The van der Waals surface area contributed by atoms with Crippen molar-refractivity contribution in [2.75, 3.05) is 47.3 Å². The first-order valence-corrected chi connectivity index (χ1v) is 8.50. The van der Waals surface area contributed by atoms with Gasteiger partial charge in [-0.15, -0.1) is 0 Å². The van der Waals surface area contributed by atoms with Crippen molar-refractivity contribution in [1.29, 1.82) is 0 Å². The molecule has 1 atom stereocenters. The molecule has 6 heteroatoms. The lowest BCUT2D eigenvalue weighted by Gasteiger charge is -2.34. The van der Waals surface area contributed by atoms with E-state index in [2.05, 4.69) is 32.5 Å². The first kappa shape index (κ1) is 17.1. The van der Waals surface area contributed by atoms with Crippen molar-refractivity contribution in [2.24, 2.45) is 10.9 Å². The zero-order valence-corrected chi connectivity index (χ0v) is 14.3. The normalized spacial score (nSPS) is 24.6. The van der Waals surface area contributed by atoms with Crippen LogP contribution in [0.5, 0.6) is 0 Å². The van der Waals surface area contributed by atoms with Crippen molar-refractivity contribution >= 4 is 11.9 Å². The molecule has 22 heavy (non-hydrogen) atoms. The van der Waals surface area contributed by atoms with Crippen LogP contribution < -0.4 is 10.6 Å².